The van der Waals surface area contributed by atoms with Crippen molar-refractivity contribution < 1.29 is 33.8 Å². The van der Waals surface area contributed by atoms with Crippen LogP contribution in [0.5, 0.6) is 0 Å². The van der Waals surface area contributed by atoms with Gasteiger partial charge in [0.25, 0.3) is 0 Å². The van der Waals surface area contributed by atoms with E-state index in [0.717, 1.165) is 0 Å². The van der Waals surface area contributed by atoms with Crippen molar-refractivity contribution in [2.24, 2.45) is 0 Å². The summed E-state index contributed by atoms with van der Waals surface area (Å²) in [6.07, 6.45) is -1.11. The molecule has 124 valence electrons. The molecule has 0 amide bonds. The number of imidazole rings is 1. The number of phosphoric ester groups is 1. The van der Waals surface area contributed by atoms with Crippen LogP contribution in [0.1, 0.15) is 6.23 Å². The first-order valence-electron chi connectivity index (χ1n) is 6.18. The Morgan fingerprint density at radius 1 is 1.35 bits per heavy atom. The number of anilines is 1. The molecule has 6 N–H and O–H groups in total. The van der Waals surface area contributed by atoms with Crippen LogP contribution in [-0.4, -0.2) is 51.7 Å². The lowest BCUT2D eigenvalue weighted by atomic mass is 10.2. The van der Waals surface area contributed by atoms with Gasteiger partial charge in [0.1, 0.15) is 36.6 Å². The number of hydrogen-bond donors (Lipinski definition) is 5. The summed E-state index contributed by atoms with van der Waals surface area (Å²) in [6, 6.07) is 0. The lowest BCUT2D eigenvalue weighted by molar-refractivity contribution is -0.0121. The summed E-state index contributed by atoms with van der Waals surface area (Å²) in [7, 11) is -4.80. The van der Waals surface area contributed by atoms with E-state index < -0.39 is 26.3 Å². The highest BCUT2D eigenvalue weighted by atomic mass is 31.2. The monoisotopic (exact) mass is 345 g/mol. The summed E-state index contributed by atoms with van der Waals surface area (Å²) in [4.78, 5) is 29.0. The van der Waals surface area contributed by atoms with Gasteiger partial charge in [-0.3, -0.25) is 14.4 Å². The van der Waals surface area contributed by atoms with E-state index in [9.17, 15) is 14.8 Å². The third kappa shape index (κ3) is 2.85. The smallest absolute Gasteiger partial charge is 0.465 e. The molecule has 0 aromatic carbocycles. The molecule has 23 heavy (non-hydrogen) atoms. The average molecular weight is 345 g/mol. The van der Waals surface area contributed by atoms with Gasteiger partial charge in [0, 0.05) is 0 Å². The quantitative estimate of drug-likeness (QED) is 0.325. The standard InChI is InChI=1S/C10H12N5O7P/c11-8-5-9(13-2-12-8)15(3-14-5)10-7(17)6(16)4(22-10)1-21-23(18,19)20/h1-3,6-7,10,16-17H,(H2,11,12,13)(H2,18,19,20)/b4-1+/t6-,7-,10-/m1/s1. The van der Waals surface area contributed by atoms with Crippen LogP contribution in [0, 0.1) is 0 Å². The maximum absolute atomic E-state index is 10.7. The van der Waals surface area contributed by atoms with E-state index >= 15 is 0 Å². The van der Waals surface area contributed by atoms with E-state index in [1.807, 2.05) is 0 Å². The molecule has 0 bridgehead atoms. The van der Waals surface area contributed by atoms with E-state index in [1.165, 1.54) is 17.2 Å². The van der Waals surface area contributed by atoms with Gasteiger partial charge in [0.15, 0.2) is 17.2 Å². The molecule has 0 saturated carbocycles. The summed E-state index contributed by atoms with van der Waals surface area (Å²) in [6.45, 7) is 0. The molecule has 2 aromatic rings. The zero-order valence-electron chi connectivity index (χ0n) is 11.3. The third-order valence-electron chi connectivity index (χ3n) is 3.13. The molecule has 3 heterocycles. The number of aliphatic hydroxyl groups is 2. The van der Waals surface area contributed by atoms with Crippen molar-refractivity contribution in [2.75, 3.05) is 5.73 Å². The molecule has 1 fully saturated rings. The molecule has 0 unspecified atom stereocenters. The third-order valence-corrected chi connectivity index (χ3v) is 3.51. The summed E-state index contributed by atoms with van der Waals surface area (Å²) in [5.74, 6) is -0.225. The molecule has 3 rings (SSSR count). The van der Waals surface area contributed by atoms with Gasteiger partial charge in [0.05, 0.1) is 0 Å². The van der Waals surface area contributed by atoms with Gasteiger partial charge >= 0.3 is 7.82 Å². The highest BCUT2D eigenvalue weighted by Gasteiger charge is 2.42. The van der Waals surface area contributed by atoms with Crippen molar-refractivity contribution >= 4 is 24.8 Å². The van der Waals surface area contributed by atoms with E-state index in [1.54, 1.807) is 0 Å². The maximum Gasteiger partial charge on any atom is 0.524 e. The fraction of sp³-hybridized carbons (Fsp3) is 0.300. The predicted octanol–water partition coefficient (Wildman–Crippen LogP) is -1.39. The number of rotatable bonds is 3. The predicted molar refractivity (Wildman–Crippen MR) is 73.1 cm³/mol. The van der Waals surface area contributed by atoms with Crippen LogP contribution in [0.2, 0.25) is 0 Å². The molecular formula is C10H12N5O7P. The number of nitrogens with two attached hydrogens (primary N) is 1. The van der Waals surface area contributed by atoms with Gasteiger partial charge in [-0.15, -0.1) is 0 Å². The van der Waals surface area contributed by atoms with Crippen LogP contribution in [0.3, 0.4) is 0 Å². The largest absolute Gasteiger partial charge is 0.524 e. The first-order valence-corrected chi connectivity index (χ1v) is 7.71. The Morgan fingerprint density at radius 3 is 2.78 bits per heavy atom. The minimum atomic E-state index is -4.80. The Labute approximate surface area is 128 Å². The normalized spacial score (nSPS) is 26.6. The molecule has 1 aliphatic rings. The summed E-state index contributed by atoms with van der Waals surface area (Å²) < 4.78 is 21.4. The maximum atomic E-state index is 10.7. The second-order valence-corrected chi connectivity index (χ2v) is 5.83. The van der Waals surface area contributed by atoms with Crippen LogP contribution in [0.4, 0.5) is 5.82 Å². The summed E-state index contributed by atoms with van der Waals surface area (Å²) in [5.41, 5.74) is 6.19. The molecule has 13 heteroatoms. The first kappa shape index (κ1) is 15.6. The number of nitrogens with zero attached hydrogens (tertiary/aromatic N) is 4. The Morgan fingerprint density at radius 2 is 2.09 bits per heavy atom. The van der Waals surface area contributed by atoms with Gasteiger partial charge in [-0.2, -0.15) is 0 Å². The number of ether oxygens (including phenoxy) is 1. The number of aromatic nitrogens is 4. The zero-order valence-corrected chi connectivity index (χ0v) is 12.2. The molecule has 0 spiro atoms. The molecule has 1 saturated heterocycles. The molecule has 12 nitrogen and oxygen atoms in total. The van der Waals surface area contributed by atoms with Gasteiger partial charge in [-0.25, -0.2) is 19.5 Å². The second-order valence-electron chi connectivity index (χ2n) is 4.64. The fourth-order valence-electron chi connectivity index (χ4n) is 2.10. The van der Waals surface area contributed by atoms with Gasteiger partial charge in [0.2, 0.25) is 6.23 Å². The van der Waals surface area contributed by atoms with Crippen LogP contribution in [0.25, 0.3) is 11.2 Å². The molecule has 2 aromatic heterocycles. The zero-order chi connectivity index (χ0) is 16.8. The van der Waals surface area contributed by atoms with E-state index in [-0.39, 0.29) is 22.7 Å². The fourth-order valence-corrected chi connectivity index (χ4v) is 2.34. The first-order chi connectivity index (χ1) is 10.8. The second kappa shape index (κ2) is 5.44. The van der Waals surface area contributed by atoms with Gasteiger partial charge < -0.3 is 25.2 Å². The van der Waals surface area contributed by atoms with Crippen LogP contribution < -0.4 is 5.73 Å². The number of fused-ring (bicyclic) bond motifs is 1. The lowest BCUT2D eigenvalue weighted by Crippen LogP contribution is -2.27. The molecule has 0 aliphatic carbocycles. The minimum absolute atomic E-state index is 0.127. The lowest BCUT2D eigenvalue weighted by Gasteiger charge is -2.15. The van der Waals surface area contributed by atoms with Crippen molar-refractivity contribution in [3.63, 3.8) is 0 Å². The number of hydrogen-bond acceptors (Lipinski definition) is 9. The van der Waals surface area contributed by atoms with Crippen molar-refractivity contribution in [1.82, 2.24) is 19.5 Å². The Bertz CT molecular complexity index is 817. The van der Waals surface area contributed by atoms with Crippen LogP contribution in [-0.2, 0) is 13.8 Å². The van der Waals surface area contributed by atoms with Gasteiger partial charge in [-0.05, 0) is 0 Å². The SMILES string of the molecule is Nc1ncnc2c1ncn2[C@@H]1O/C(=C/OP(=O)(O)O)[C@@H](O)[C@H]1O. The molecule has 1 aliphatic heterocycles. The van der Waals surface area contributed by atoms with Crippen molar-refractivity contribution in [2.45, 2.75) is 18.4 Å². The van der Waals surface area contributed by atoms with Crippen molar-refractivity contribution in [1.29, 1.82) is 0 Å². The highest BCUT2D eigenvalue weighted by Crippen LogP contribution is 2.39. The number of aliphatic hydroxyl groups excluding tert-OH is 2. The number of phosphoric acid groups is 1. The summed E-state index contributed by atoms with van der Waals surface area (Å²) >= 11 is 0. The summed E-state index contributed by atoms with van der Waals surface area (Å²) in [5, 5.41) is 20.0. The Kier molecular flexibility index (Phi) is 3.70. The van der Waals surface area contributed by atoms with Crippen molar-refractivity contribution in [3.05, 3.63) is 24.7 Å². The van der Waals surface area contributed by atoms with Crippen molar-refractivity contribution in [3.8, 4) is 0 Å². The average Bonchev–Trinajstić information content (AvgIpc) is 3.01. The van der Waals surface area contributed by atoms with E-state index in [4.69, 9.17) is 20.3 Å². The van der Waals surface area contributed by atoms with Crippen LogP contribution in [0.15, 0.2) is 24.7 Å². The van der Waals surface area contributed by atoms with E-state index in [0.29, 0.717) is 6.26 Å². The minimum Gasteiger partial charge on any atom is -0.465 e. The molecular weight excluding hydrogens is 333 g/mol. The van der Waals surface area contributed by atoms with E-state index in [2.05, 4.69) is 19.5 Å². The van der Waals surface area contributed by atoms with Gasteiger partial charge in [-0.1, -0.05) is 0 Å². The number of nitrogen functional groups attached to an aromatic ring is 1. The Hall–Kier alpha value is -2.24. The van der Waals surface area contributed by atoms with Crippen LogP contribution >= 0.6 is 7.82 Å². The topological polar surface area (TPSA) is 186 Å². The Balaban J connectivity index is 1.94. The molecule has 0 radical (unpaired) electrons. The highest BCUT2D eigenvalue weighted by molar-refractivity contribution is 7.46. The molecule has 3 atom stereocenters.